The van der Waals surface area contributed by atoms with Crippen LogP contribution in [0.2, 0.25) is 0 Å². The molecule has 1 saturated carbocycles. The standard InChI is InChI=1S/C29H35N5O3/c1-3-15-33(4-2)18-20-8-5-7-19(16-20)17-30-22-9-6-10-23-26(22)29(37)34(27(31-23)21-11-12-21)24-13-14-25(35)32-28(24)36/h5-10,16,21,24,30H,3-4,11-15,17-18H2,1-2H3,(H,32,35,36). The van der Waals surface area contributed by atoms with Gasteiger partial charge in [-0.25, -0.2) is 4.98 Å². The van der Waals surface area contributed by atoms with Crippen LogP contribution >= 0.6 is 0 Å². The molecule has 2 amide bonds. The van der Waals surface area contributed by atoms with Gasteiger partial charge in [0.2, 0.25) is 11.8 Å². The molecule has 2 heterocycles. The highest BCUT2D eigenvalue weighted by molar-refractivity contribution is 5.99. The van der Waals surface area contributed by atoms with Crippen molar-refractivity contribution in [3.8, 4) is 0 Å². The minimum Gasteiger partial charge on any atom is -0.380 e. The molecule has 37 heavy (non-hydrogen) atoms. The highest BCUT2D eigenvalue weighted by Gasteiger charge is 2.36. The van der Waals surface area contributed by atoms with Gasteiger partial charge in [0.1, 0.15) is 11.9 Å². The molecular formula is C29H35N5O3. The van der Waals surface area contributed by atoms with Crippen LogP contribution in [0.4, 0.5) is 5.69 Å². The normalized spacial score (nSPS) is 17.9. The lowest BCUT2D eigenvalue weighted by Crippen LogP contribution is -2.45. The van der Waals surface area contributed by atoms with Crippen LogP contribution in [0.1, 0.15) is 74.9 Å². The van der Waals surface area contributed by atoms with Gasteiger partial charge < -0.3 is 5.32 Å². The number of hydrogen-bond acceptors (Lipinski definition) is 6. The largest absolute Gasteiger partial charge is 0.380 e. The van der Waals surface area contributed by atoms with E-state index in [4.69, 9.17) is 4.98 Å². The summed E-state index contributed by atoms with van der Waals surface area (Å²) in [5, 5.41) is 6.33. The molecule has 8 nitrogen and oxygen atoms in total. The molecule has 0 spiro atoms. The lowest BCUT2D eigenvalue weighted by atomic mass is 10.0. The average Bonchev–Trinajstić information content (AvgIpc) is 3.73. The summed E-state index contributed by atoms with van der Waals surface area (Å²) in [6.07, 6.45) is 3.56. The van der Waals surface area contributed by atoms with E-state index in [1.54, 1.807) is 4.57 Å². The molecule has 3 aromatic rings. The highest BCUT2D eigenvalue weighted by atomic mass is 16.2. The van der Waals surface area contributed by atoms with Crippen molar-refractivity contribution in [1.29, 1.82) is 0 Å². The fourth-order valence-electron chi connectivity index (χ4n) is 5.22. The molecule has 2 fully saturated rings. The maximum Gasteiger partial charge on any atom is 0.264 e. The summed E-state index contributed by atoms with van der Waals surface area (Å²) in [5.74, 6) is 0.117. The second kappa shape index (κ2) is 10.8. The number of piperidine rings is 1. The van der Waals surface area contributed by atoms with Gasteiger partial charge in [-0.1, -0.05) is 44.2 Å². The number of anilines is 1. The van der Waals surface area contributed by atoms with E-state index in [-0.39, 0.29) is 23.8 Å². The maximum absolute atomic E-state index is 13.9. The fourth-order valence-corrected chi connectivity index (χ4v) is 5.22. The molecule has 1 atom stereocenters. The van der Waals surface area contributed by atoms with Crippen molar-refractivity contribution >= 4 is 28.4 Å². The number of aromatic nitrogens is 2. The number of imide groups is 1. The van der Waals surface area contributed by atoms with Gasteiger partial charge in [0.25, 0.3) is 5.56 Å². The molecule has 2 aromatic carbocycles. The zero-order valence-electron chi connectivity index (χ0n) is 21.6. The number of carbonyl (C=O) groups excluding carboxylic acids is 2. The molecule has 0 radical (unpaired) electrons. The van der Waals surface area contributed by atoms with E-state index in [0.717, 1.165) is 44.5 Å². The summed E-state index contributed by atoms with van der Waals surface area (Å²) < 4.78 is 1.56. The predicted octanol–water partition coefficient (Wildman–Crippen LogP) is 4.10. The van der Waals surface area contributed by atoms with Crippen molar-refractivity contribution in [1.82, 2.24) is 19.8 Å². The van der Waals surface area contributed by atoms with Crippen LogP contribution in [0.5, 0.6) is 0 Å². The van der Waals surface area contributed by atoms with Gasteiger partial charge in [0.15, 0.2) is 0 Å². The van der Waals surface area contributed by atoms with E-state index in [1.807, 2.05) is 18.2 Å². The number of hydrogen-bond donors (Lipinski definition) is 2. The minimum absolute atomic E-state index is 0.178. The van der Waals surface area contributed by atoms with Crippen molar-refractivity contribution in [2.45, 2.75) is 71.0 Å². The molecular weight excluding hydrogens is 466 g/mol. The number of benzene rings is 2. The summed E-state index contributed by atoms with van der Waals surface area (Å²) in [7, 11) is 0. The van der Waals surface area contributed by atoms with Crippen molar-refractivity contribution in [2.75, 3.05) is 18.4 Å². The quantitative estimate of drug-likeness (QED) is 0.406. The van der Waals surface area contributed by atoms with E-state index in [9.17, 15) is 14.4 Å². The summed E-state index contributed by atoms with van der Waals surface area (Å²) in [5.41, 5.74) is 3.51. The number of nitrogens with one attached hydrogen (secondary N) is 2. The minimum atomic E-state index is -0.716. The Morgan fingerprint density at radius 2 is 1.84 bits per heavy atom. The first-order valence-corrected chi connectivity index (χ1v) is 13.4. The molecule has 0 bridgehead atoms. The second-order valence-electron chi connectivity index (χ2n) is 10.1. The Labute approximate surface area is 217 Å². The summed E-state index contributed by atoms with van der Waals surface area (Å²) in [6, 6.07) is 13.5. The van der Waals surface area contributed by atoms with E-state index in [2.05, 4.69) is 53.6 Å². The van der Waals surface area contributed by atoms with Gasteiger partial charge in [0.05, 0.1) is 10.9 Å². The van der Waals surface area contributed by atoms with Gasteiger partial charge in [-0.2, -0.15) is 0 Å². The van der Waals surface area contributed by atoms with Crippen LogP contribution < -0.4 is 16.2 Å². The Balaban J connectivity index is 1.45. The van der Waals surface area contributed by atoms with Gasteiger partial charge in [-0.3, -0.25) is 29.2 Å². The Kier molecular flexibility index (Phi) is 7.37. The molecule has 1 aliphatic heterocycles. The molecule has 2 aliphatic rings. The zero-order chi connectivity index (χ0) is 25.9. The molecule has 1 saturated heterocycles. The van der Waals surface area contributed by atoms with Crippen LogP contribution in [0.3, 0.4) is 0 Å². The Morgan fingerprint density at radius 1 is 1.05 bits per heavy atom. The Bertz CT molecular complexity index is 1380. The summed E-state index contributed by atoms with van der Waals surface area (Å²) in [4.78, 5) is 45.7. The molecule has 1 aromatic heterocycles. The lowest BCUT2D eigenvalue weighted by molar-refractivity contribution is -0.135. The van der Waals surface area contributed by atoms with Crippen LogP contribution in [-0.4, -0.2) is 39.4 Å². The Hall–Kier alpha value is -3.52. The fraction of sp³-hybridized carbons (Fsp3) is 0.448. The molecule has 1 aliphatic carbocycles. The van der Waals surface area contributed by atoms with Crippen molar-refractivity contribution < 1.29 is 9.59 Å². The first-order valence-electron chi connectivity index (χ1n) is 13.4. The second-order valence-corrected chi connectivity index (χ2v) is 10.1. The number of amides is 2. The average molecular weight is 502 g/mol. The summed E-state index contributed by atoms with van der Waals surface area (Å²) in [6.45, 7) is 7.95. The van der Waals surface area contributed by atoms with Gasteiger partial charge in [-0.15, -0.1) is 0 Å². The molecule has 1 unspecified atom stereocenters. The molecule has 194 valence electrons. The molecule has 8 heteroatoms. The number of carbonyl (C=O) groups is 2. The van der Waals surface area contributed by atoms with E-state index in [1.165, 1.54) is 5.56 Å². The molecule has 2 N–H and O–H groups in total. The topological polar surface area (TPSA) is 96.3 Å². The number of nitrogens with zero attached hydrogens (tertiary/aromatic N) is 3. The van der Waals surface area contributed by atoms with Crippen molar-refractivity contribution in [3.05, 3.63) is 69.8 Å². The highest BCUT2D eigenvalue weighted by Crippen LogP contribution is 2.40. The van der Waals surface area contributed by atoms with E-state index in [0.29, 0.717) is 35.4 Å². The maximum atomic E-state index is 13.9. The molecule has 5 rings (SSSR count). The summed E-state index contributed by atoms with van der Waals surface area (Å²) >= 11 is 0. The van der Waals surface area contributed by atoms with Crippen LogP contribution in [0.25, 0.3) is 10.9 Å². The van der Waals surface area contributed by atoms with E-state index < -0.39 is 11.9 Å². The monoisotopic (exact) mass is 501 g/mol. The number of rotatable bonds is 10. The van der Waals surface area contributed by atoms with Crippen molar-refractivity contribution in [2.24, 2.45) is 0 Å². The Morgan fingerprint density at radius 3 is 2.57 bits per heavy atom. The van der Waals surface area contributed by atoms with Gasteiger partial charge >= 0.3 is 0 Å². The third-order valence-electron chi connectivity index (χ3n) is 7.29. The van der Waals surface area contributed by atoms with Gasteiger partial charge in [0, 0.05) is 31.1 Å². The first kappa shape index (κ1) is 25.1. The predicted molar refractivity (Wildman–Crippen MR) is 144 cm³/mol. The van der Waals surface area contributed by atoms with Crippen LogP contribution in [0, 0.1) is 0 Å². The van der Waals surface area contributed by atoms with Gasteiger partial charge in [-0.05, 0) is 62.0 Å². The lowest BCUT2D eigenvalue weighted by Gasteiger charge is -2.25. The van der Waals surface area contributed by atoms with Crippen LogP contribution in [-0.2, 0) is 22.7 Å². The number of fused-ring (bicyclic) bond motifs is 1. The zero-order valence-corrected chi connectivity index (χ0v) is 21.6. The van der Waals surface area contributed by atoms with Crippen molar-refractivity contribution in [3.63, 3.8) is 0 Å². The first-order chi connectivity index (χ1) is 18.0. The SMILES string of the molecule is CCCN(CC)Cc1cccc(CNc2cccc3nc(C4CC4)n(C4CCC(=O)NC4=O)c(=O)c23)c1. The third kappa shape index (κ3) is 5.44. The van der Waals surface area contributed by atoms with E-state index >= 15 is 0 Å². The smallest absolute Gasteiger partial charge is 0.264 e. The third-order valence-corrected chi connectivity index (χ3v) is 7.29. The van der Waals surface area contributed by atoms with Crippen LogP contribution in [0.15, 0.2) is 47.3 Å².